The third kappa shape index (κ3) is 2.71. The summed E-state index contributed by atoms with van der Waals surface area (Å²) in [6.07, 6.45) is 0. The van der Waals surface area contributed by atoms with Gasteiger partial charge in [-0.15, -0.1) is 0 Å². The van der Waals surface area contributed by atoms with Gasteiger partial charge in [-0.2, -0.15) is 0 Å². The molecule has 76 valence electrons. The maximum atomic E-state index is 2.31. The van der Waals surface area contributed by atoms with Gasteiger partial charge in [0.2, 0.25) is 0 Å². The van der Waals surface area contributed by atoms with E-state index in [4.69, 9.17) is 0 Å². The summed E-state index contributed by atoms with van der Waals surface area (Å²) in [6, 6.07) is 17.5. The molecule has 0 heterocycles. The standard InChI is InChI=1S/C14H14Se/c1-11-8-9-14(10-12(11)2)15-13-6-4-3-5-7-13/h3-10H,1-2H3. The maximum absolute atomic E-state index is 2.31. The second-order valence-electron chi connectivity index (χ2n) is 3.66. The van der Waals surface area contributed by atoms with Gasteiger partial charge in [0.05, 0.1) is 0 Å². The van der Waals surface area contributed by atoms with Gasteiger partial charge >= 0.3 is 97.4 Å². The van der Waals surface area contributed by atoms with E-state index in [9.17, 15) is 0 Å². The van der Waals surface area contributed by atoms with E-state index in [2.05, 4.69) is 62.4 Å². The molecule has 0 nitrogen and oxygen atoms in total. The third-order valence-corrected chi connectivity index (χ3v) is 4.55. The van der Waals surface area contributed by atoms with E-state index in [0.717, 1.165) is 0 Å². The zero-order valence-corrected chi connectivity index (χ0v) is 10.7. The molecule has 0 saturated heterocycles. The van der Waals surface area contributed by atoms with Gasteiger partial charge in [-0.3, -0.25) is 0 Å². The molecule has 0 fully saturated rings. The summed E-state index contributed by atoms with van der Waals surface area (Å²) in [7, 11) is 0. The van der Waals surface area contributed by atoms with Crippen molar-refractivity contribution >= 4 is 23.9 Å². The molecule has 2 rings (SSSR count). The molecule has 0 spiro atoms. The topological polar surface area (TPSA) is 0 Å². The molecule has 0 aromatic heterocycles. The summed E-state index contributed by atoms with van der Waals surface area (Å²) in [5, 5.41) is 0. The summed E-state index contributed by atoms with van der Waals surface area (Å²) < 4.78 is 2.89. The van der Waals surface area contributed by atoms with Gasteiger partial charge in [-0.05, 0) is 0 Å². The van der Waals surface area contributed by atoms with E-state index in [1.54, 1.807) is 0 Å². The van der Waals surface area contributed by atoms with Crippen LogP contribution in [0, 0.1) is 13.8 Å². The summed E-state index contributed by atoms with van der Waals surface area (Å²) in [4.78, 5) is 0. The van der Waals surface area contributed by atoms with Crippen molar-refractivity contribution in [1.82, 2.24) is 0 Å². The Hall–Kier alpha value is -1.04. The van der Waals surface area contributed by atoms with Gasteiger partial charge in [-0.25, -0.2) is 0 Å². The van der Waals surface area contributed by atoms with Crippen LogP contribution in [0.4, 0.5) is 0 Å². The zero-order chi connectivity index (χ0) is 10.7. The first kappa shape index (κ1) is 10.5. The molecule has 2 aromatic rings. The Morgan fingerprint density at radius 3 is 2.13 bits per heavy atom. The van der Waals surface area contributed by atoms with E-state index < -0.39 is 0 Å². The van der Waals surface area contributed by atoms with Crippen LogP contribution in [0.15, 0.2) is 48.5 Å². The second-order valence-corrected chi connectivity index (χ2v) is 6.07. The quantitative estimate of drug-likeness (QED) is 0.725. The molecule has 0 atom stereocenters. The Balaban J connectivity index is 2.22. The monoisotopic (exact) mass is 262 g/mol. The van der Waals surface area contributed by atoms with Crippen molar-refractivity contribution < 1.29 is 0 Å². The minimum atomic E-state index is 0.444. The molecule has 0 aliphatic rings. The van der Waals surface area contributed by atoms with Crippen molar-refractivity contribution in [2.24, 2.45) is 0 Å². The molecule has 0 bridgehead atoms. The Bertz CT molecular complexity index is 446. The fraction of sp³-hybridized carbons (Fsp3) is 0.143. The number of benzene rings is 2. The average Bonchev–Trinajstić information content (AvgIpc) is 2.25. The van der Waals surface area contributed by atoms with Gasteiger partial charge in [0.25, 0.3) is 0 Å². The molecule has 15 heavy (non-hydrogen) atoms. The third-order valence-electron chi connectivity index (χ3n) is 2.46. The number of aryl methyl sites for hydroxylation is 2. The molecule has 0 aliphatic heterocycles. The zero-order valence-electron chi connectivity index (χ0n) is 9.03. The van der Waals surface area contributed by atoms with Crippen LogP contribution in [0.5, 0.6) is 0 Å². The van der Waals surface area contributed by atoms with Crippen molar-refractivity contribution in [3.8, 4) is 0 Å². The second kappa shape index (κ2) is 4.65. The molecular formula is C14H14Se. The molecule has 0 amide bonds. The SMILES string of the molecule is Cc1ccc([Se]c2ccccc2)cc1C. The molecule has 0 N–H and O–H groups in total. The fourth-order valence-corrected chi connectivity index (χ4v) is 3.37. The van der Waals surface area contributed by atoms with Crippen LogP contribution < -0.4 is 8.92 Å². The van der Waals surface area contributed by atoms with Gasteiger partial charge in [0.1, 0.15) is 0 Å². The number of rotatable bonds is 2. The molecule has 1 heteroatoms. The summed E-state index contributed by atoms with van der Waals surface area (Å²) in [5.41, 5.74) is 2.77. The summed E-state index contributed by atoms with van der Waals surface area (Å²) in [6.45, 7) is 4.34. The summed E-state index contributed by atoms with van der Waals surface area (Å²) in [5.74, 6) is 0. The first-order chi connectivity index (χ1) is 7.25. The normalized spacial score (nSPS) is 10.3. The van der Waals surface area contributed by atoms with Crippen LogP contribution in [-0.2, 0) is 0 Å². The Morgan fingerprint density at radius 1 is 0.733 bits per heavy atom. The number of hydrogen-bond donors (Lipinski definition) is 0. The van der Waals surface area contributed by atoms with E-state index in [1.807, 2.05) is 0 Å². The molecule has 0 aliphatic carbocycles. The van der Waals surface area contributed by atoms with E-state index >= 15 is 0 Å². The minimum absolute atomic E-state index is 0.444. The van der Waals surface area contributed by atoms with Gasteiger partial charge in [-0.1, -0.05) is 0 Å². The van der Waals surface area contributed by atoms with Gasteiger partial charge in [0.15, 0.2) is 0 Å². The van der Waals surface area contributed by atoms with E-state index in [1.165, 1.54) is 20.1 Å². The molecule has 0 unspecified atom stereocenters. The van der Waals surface area contributed by atoms with Crippen molar-refractivity contribution in [3.63, 3.8) is 0 Å². The Labute approximate surface area is 97.5 Å². The van der Waals surface area contributed by atoms with Crippen LogP contribution >= 0.6 is 0 Å². The van der Waals surface area contributed by atoms with Crippen LogP contribution in [-0.4, -0.2) is 15.0 Å². The number of hydrogen-bond acceptors (Lipinski definition) is 0. The Kier molecular flexibility index (Phi) is 3.25. The van der Waals surface area contributed by atoms with E-state index in [0.29, 0.717) is 15.0 Å². The predicted molar refractivity (Wildman–Crippen MR) is 67.4 cm³/mol. The van der Waals surface area contributed by atoms with Gasteiger partial charge in [0, 0.05) is 0 Å². The molecular weight excluding hydrogens is 247 g/mol. The first-order valence-corrected chi connectivity index (χ1v) is 6.77. The van der Waals surface area contributed by atoms with Crippen LogP contribution in [0.3, 0.4) is 0 Å². The van der Waals surface area contributed by atoms with Crippen LogP contribution in [0.25, 0.3) is 0 Å². The molecule has 0 saturated carbocycles. The van der Waals surface area contributed by atoms with E-state index in [-0.39, 0.29) is 0 Å². The molecule has 2 aromatic carbocycles. The van der Waals surface area contributed by atoms with Crippen molar-refractivity contribution in [3.05, 3.63) is 59.7 Å². The molecule has 0 radical (unpaired) electrons. The van der Waals surface area contributed by atoms with Gasteiger partial charge < -0.3 is 0 Å². The fourth-order valence-electron chi connectivity index (χ4n) is 1.40. The van der Waals surface area contributed by atoms with Crippen molar-refractivity contribution in [1.29, 1.82) is 0 Å². The summed E-state index contributed by atoms with van der Waals surface area (Å²) >= 11 is 0.444. The van der Waals surface area contributed by atoms with Crippen LogP contribution in [0.1, 0.15) is 11.1 Å². The first-order valence-electron chi connectivity index (χ1n) is 5.06. The predicted octanol–water partition coefficient (Wildman–Crippen LogP) is 1.96. The average molecular weight is 261 g/mol. The van der Waals surface area contributed by atoms with Crippen molar-refractivity contribution in [2.45, 2.75) is 13.8 Å². The van der Waals surface area contributed by atoms with Crippen LogP contribution in [0.2, 0.25) is 0 Å². The van der Waals surface area contributed by atoms with Crippen molar-refractivity contribution in [2.75, 3.05) is 0 Å². The Morgan fingerprint density at radius 2 is 1.47 bits per heavy atom.